The van der Waals surface area contributed by atoms with E-state index in [0.29, 0.717) is 0 Å². The number of esters is 2. The molecular weight excluding hydrogens is 280 g/mol. The average Bonchev–Trinajstić information content (AvgIpc) is 2.57. The minimum Gasteiger partial charge on any atom is -0.459 e. The number of carbonyl (C=O) groups excluding carboxylic acids is 2. The number of carbonyl (C=O) groups is 2. The van der Waals surface area contributed by atoms with Gasteiger partial charge in [-0.15, -0.1) is 0 Å². The fraction of sp³-hybridized carbons (Fsp3) is 0.667. The van der Waals surface area contributed by atoms with Crippen molar-refractivity contribution in [2.24, 2.45) is 0 Å². The Labute approximate surface area is 133 Å². The highest BCUT2D eigenvalue weighted by Gasteiger charge is 2.16. The lowest BCUT2D eigenvalue weighted by Gasteiger charge is -2.20. The predicted octanol–water partition coefficient (Wildman–Crippen LogP) is 4.10. The van der Waals surface area contributed by atoms with Crippen LogP contribution >= 0.6 is 0 Å². The maximum Gasteiger partial charge on any atom is 0.330 e. The summed E-state index contributed by atoms with van der Waals surface area (Å²) in [6.45, 7) is 6.70. The average molecular weight is 308 g/mol. The van der Waals surface area contributed by atoms with Gasteiger partial charge in [0.1, 0.15) is 12.2 Å². The molecule has 0 unspecified atom stereocenters. The van der Waals surface area contributed by atoms with Crippen molar-refractivity contribution >= 4 is 11.9 Å². The van der Waals surface area contributed by atoms with E-state index in [1.807, 2.05) is 0 Å². The number of rotatable bonds is 4. The van der Waals surface area contributed by atoms with E-state index in [2.05, 4.69) is 13.2 Å². The second-order valence-corrected chi connectivity index (χ2v) is 5.80. The van der Waals surface area contributed by atoms with Crippen molar-refractivity contribution in [1.29, 1.82) is 0 Å². The van der Waals surface area contributed by atoms with Crippen LogP contribution in [0.5, 0.6) is 0 Å². The molecule has 124 valence electrons. The highest BCUT2D eigenvalue weighted by atomic mass is 16.5. The maximum atomic E-state index is 10.7. The van der Waals surface area contributed by atoms with E-state index in [4.69, 9.17) is 9.47 Å². The van der Waals surface area contributed by atoms with Crippen LogP contribution in [0.3, 0.4) is 0 Å². The molecule has 0 bridgehead atoms. The van der Waals surface area contributed by atoms with Gasteiger partial charge >= 0.3 is 11.9 Å². The Balaban J connectivity index is 0.000000220. The van der Waals surface area contributed by atoms with Gasteiger partial charge in [0.05, 0.1) is 0 Å². The minimum absolute atomic E-state index is 0.161. The van der Waals surface area contributed by atoms with Crippen LogP contribution in [-0.2, 0) is 19.1 Å². The zero-order chi connectivity index (χ0) is 16.2. The first-order chi connectivity index (χ1) is 10.7. The van der Waals surface area contributed by atoms with E-state index in [-0.39, 0.29) is 24.1 Å². The van der Waals surface area contributed by atoms with Crippen LogP contribution in [0.4, 0.5) is 0 Å². The second kappa shape index (κ2) is 11.0. The number of hydrogen-bond donors (Lipinski definition) is 0. The predicted molar refractivity (Wildman–Crippen MR) is 86.3 cm³/mol. The molecule has 0 radical (unpaired) electrons. The summed E-state index contributed by atoms with van der Waals surface area (Å²) in [5.74, 6) is -0.561. The van der Waals surface area contributed by atoms with E-state index >= 15 is 0 Å². The van der Waals surface area contributed by atoms with Crippen molar-refractivity contribution < 1.29 is 19.1 Å². The summed E-state index contributed by atoms with van der Waals surface area (Å²) in [6, 6.07) is 0. The summed E-state index contributed by atoms with van der Waals surface area (Å²) >= 11 is 0. The van der Waals surface area contributed by atoms with Crippen LogP contribution in [0.2, 0.25) is 0 Å². The third-order valence-corrected chi connectivity index (χ3v) is 4.00. The second-order valence-electron chi connectivity index (χ2n) is 5.80. The van der Waals surface area contributed by atoms with Crippen molar-refractivity contribution in [3.8, 4) is 0 Å². The zero-order valence-electron chi connectivity index (χ0n) is 13.4. The molecule has 0 spiro atoms. The Kier molecular flexibility index (Phi) is 9.28. The van der Waals surface area contributed by atoms with Gasteiger partial charge in [-0.2, -0.15) is 0 Å². The molecule has 0 N–H and O–H groups in total. The molecule has 0 amide bonds. The van der Waals surface area contributed by atoms with E-state index in [9.17, 15) is 9.59 Å². The Morgan fingerprint density at radius 1 is 0.682 bits per heavy atom. The molecule has 0 saturated heterocycles. The van der Waals surface area contributed by atoms with Gasteiger partial charge in [-0.25, -0.2) is 9.59 Å². The first-order valence-electron chi connectivity index (χ1n) is 8.31. The summed E-state index contributed by atoms with van der Waals surface area (Å²) in [6.07, 6.45) is 14.2. The lowest BCUT2D eigenvalue weighted by Crippen LogP contribution is -2.19. The van der Waals surface area contributed by atoms with Crippen molar-refractivity contribution in [2.45, 2.75) is 76.4 Å². The van der Waals surface area contributed by atoms with E-state index < -0.39 is 0 Å². The summed E-state index contributed by atoms with van der Waals surface area (Å²) < 4.78 is 10.2. The van der Waals surface area contributed by atoms with E-state index in [1.54, 1.807) is 0 Å². The molecular formula is C18H28O4. The number of ether oxygens (including phenoxy) is 2. The molecule has 0 atom stereocenters. The molecule has 0 aliphatic heterocycles. The summed E-state index contributed by atoms with van der Waals surface area (Å²) in [4.78, 5) is 21.5. The third-order valence-electron chi connectivity index (χ3n) is 4.00. The SMILES string of the molecule is C=CC(=O)OC1CCCCC1.C=CC(=O)OC1CCCCC1. The van der Waals surface area contributed by atoms with Gasteiger partial charge in [0.25, 0.3) is 0 Å². The quantitative estimate of drug-likeness (QED) is 0.579. The molecule has 2 saturated carbocycles. The molecule has 22 heavy (non-hydrogen) atoms. The monoisotopic (exact) mass is 308 g/mol. The molecule has 2 fully saturated rings. The highest BCUT2D eigenvalue weighted by molar-refractivity contribution is 5.81. The molecule has 2 rings (SSSR count). The first-order valence-corrected chi connectivity index (χ1v) is 8.31. The third kappa shape index (κ3) is 8.01. The van der Waals surface area contributed by atoms with Crippen LogP contribution in [0.15, 0.2) is 25.3 Å². The standard InChI is InChI=1S/2C9H14O2/c2*1-2-9(10)11-8-6-4-3-5-7-8/h2*2,8H,1,3-7H2. The summed E-state index contributed by atoms with van der Waals surface area (Å²) in [5.41, 5.74) is 0. The lowest BCUT2D eigenvalue weighted by molar-refractivity contribution is -0.145. The Bertz CT molecular complexity index is 327. The largest absolute Gasteiger partial charge is 0.459 e. The smallest absolute Gasteiger partial charge is 0.330 e. The van der Waals surface area contributed by atoms with Gasteiger partial charge in [0, 0.05) is 12.2 Å². The number of hydrogen-bond acceptors (Lipinski definition) is 4. The minimum atomic E-state index is -0.281. The van der Waals surface area contributed by atoms with Gasteiger partial charge in [0.15, 0.2) is 0 Å². The molecule has 0 aromatic heterocycles. The molecule has 4 heteroatoms. The normalized spacial score (nSPS) is 19.3. The van der Waals surface area contributed by atoms with Gasteiger partial charge in [-0.3, -0.25) is 0 Å². The van der Waals surface area contributed by atoms with Crippen LogP contribution < -0.4 is 0 Å². The summed E-state index contributed by atoms with van der Waals surface area (Å²) in [7, 11) is 0. The maximum absolute atomic E-state index is 10.7. The Morgan fingerprint density at radius 3 is 1.27 bits per heavy atom. The van der Waals surface area contributed by atoms with Crippen molar-refractivity contribution in [3.05, 3.63) is 25.3 Å². The lowest BCUT2D eigenvalue weighted by atomic mass is 9.98. The van der Waals surface area contributed by atoms with Crippen LogP contribution in [-0.4, -0.2) is 24.1 Å². The van der Waals surface area contributed by atoms with Gasteiger partial charge in [-0.05, 0) is 51.4 Å². The van der Waals surface area contributed by atoms with Gasteiger partial charge in [0.2, 0.25) is 0 Å². The Morgan fingerprint density at radius 2 is 1.00 bits per heavy atom. The topological polar surface area (TPSA) is 52.6 Å². The van der Waals surface area contributed by atoms with Crippen molar-refractivity contribution in [3.63, 3.8) is 0 Å². The molecule has 0 aromatic rings. The zero-order valence-corrected chi connectivity index (χ0v) is 13.4. The fourth-order valence-electron chi connectivity index (χ4n) is 2.79. The summed E-state index contributed by atoms with van der Waals surface area (Å²) in [5, 5.41) is 0. The van der Waals surface area contributed by atoms with Gasteiger partial charge in [-0.1, -0.05) is 26.0 Å². The van der Waals surface area contributed by atoms with Crippen molar-refractivity contribution in [1.82, 2.24) is 0 Å². The van der Waals surface area contributed by atoms with Crippen LogP contribution in [0, 0.1) is 0 Å². The molecule has 2 aliphatic carbocycles. The first kappa shape index (κ1) is 18.5. The molecule has 0 aromatic carbocycles. The highest BCUT2D eigenvalue weighted by Crippen LogP contribution is 2.20. The van der Waals surface area contributed by atoms with Crippen LogP contribution in [0.25, 0.3) is 0 Å². The molecule has 4 nitrogen and oxygen atoms in total. The molecule has 2 aliphatic rings. The Hall–Kier alpha value is -1.58. The van der Waals surface area contributed by atoms with Crippen molar-refractivity contribution in [2.75, 3.05) is 0 Å². The van der Waals surface area contributed by atoms with E-state index in [1.165, 1.54) is 50.7 Å². The fourth-order valence-corrected chi connectivity index (χ4v) is 2.79. The van der Waals surface area contributed by atoms with E-state index in [0.717, 1.165) is 25.7 Å². The van der Waals surface area contributed by atoms with Gasteiger partial charge < -0.3 is 9.47 Å². The van der Waals surface area contributed by atoms with Crippen LogP contribution in [0.1, 0.15) is 64.2 Å². The molecule has 0 heterocycles.